The highest BCUT2D eigenvalue weighted by Gasteiger charge is 2.16. The van der Waals surface area contributed by atoms with Crippen molar-refractivity contribution < 1.29 is 4.79 Å². The van der Waals surface area contributed by atoms with Gasteiger partial charge in [-0.15, -0.1) is 0 Å². The zero-order valence-electron chi connectivity index (χ0n) is 12.2. The highest BCUT2D eigenvalue weighted by molar-refractivity contribution is 5.74. The van der Waals surface area contributed by atoms with Gasteiger partial charge in [0.15, 0.2) is 0 Å². The van der Waals surface area contributed by atoms with Crippen molar-refractivity contribution in [2.75, 3.05) is 46.3 Å². The molecular weight excluding hydrogens is 228 g/mol. The second-order valence-electron chi connectivity index (χ2n) is 5.72. The molecular formula is C13H28N4O. The van der Waals surface area contributed by atoms with Gasteiger partial charge in [0.05, 0.1) is 0 Å². The lowest BCUT2D eigenvalue weighted by molar-refractivity contribution is 0.138. The van der Waals surface area contributed by atoms with Crippen LogP contribution >= 0.6 is 0 Å². The summed E-state index contributed by atoms with van der Waals surface area (Å²) in [5.74, 6) is 0.492. The molecule has 0 radical (unpaired) electrons. The minimum atomic E-state index is -0.0600. The molecule has 5 nitrogen and oxygen atoms in total. The van der Waals surface area contributed by atoms with Crippen LogP contribution in [0.3, 0.4) is 0 Å². The Morgan fingerprint density at radius 1 is 1.17 bits per heavy atom. The SMILES string of the molecule is CC(CNC(=O)NC(C)C)CN1CCN(C)CC1. The Balaban J connectivity index is 2.13. The summed E-state index contributed by atoms with van der Waals surface area (Å²) in [7, 11) is 2.17. The molecule has 0 aromatic rings. The molecule has 1 heterocycles. The first-order valence-corrected chi connectivity index (χ1v) is 6.92. The molecule has 1 fully saturated rings. The standard InChI is InChI=1S/C13H28N4O/c1-11(2)15-13(18)14-9-12(3)10-17-7-5-16(4)6-8-17/h11-12H,5-10H2,1-4H3,(H2,14,15,18). The van der Waals surface area contributed by atoms with E-state index in [-0.39, 0.29) is 12.1 Å². The molecule has 0 spiro atoms. The van der Waals surface area contributed by atoms with Crippen LogP contribution in [0.2, 0.25) is 0 Å². The summed E-state index contributed by atoms with van der Waals surface area (Å²) >= 11 is 0. The van der Waals surface area contributed by atoms with E-state index in [2.05, 4.69) is 34.4 Å². The summed E-state index contributed by atoms with van der Waals surface area (Å²) in [6, 6.07) is 0.133. The third-order valence-corrected chi connectivity index (χ3v) is 3.20. The fraction of sp³-hybridized carbons (Fsp3) is 0.923. The van der Waals surface area contributed by atoms with E-state index in [0.29, 0.717) is 5.92 Å². The monoisotopic (exact) mass is 256 g/mol. The van der Waals surface area contributed by atoms with Crippen LogP contribution < -0.4 is 10.6 Å². The first-order valence-electron chi connectivity index (χ1n) is 6.92. The van der Waals surface area contributed by atoms with Gasteiger partial charge >= 0.3 is 6.03 Å². The third-order valence-electron chi connectivity index (χ3n) is 3.20. The molecule has 2 N–H and O–H groups in total. The fourth-order valence-corrected chi connectivity index (χ4v) is 2.12. The van der Waals surface area contributed by atoms with E-state index >= 15 is 0 Å². The Morgan fingerprint density at radius 2 is 1.78 bits per heavy atom. The lowest BCUT2D eigenvalue weighted by atomic mass is 10.1. The maximum atomic E-state index is 11.5. The van der Waals surface area contributed by atoms with Crippen LogP contribution in [-0.4, -0.2) is 68.2 Å². The van der Waals surface area contributed by atoms with Gasteiger partial charge < -0.3 is 20.4 Å². The van der Waals surface area contributed by atoms with E-state index in [9.17, 15) is 4.79 Å². The molecule has 1 aliphatic rings. The predicted octanol–water partition coefficient (Wildman–Crippen LogP) is 0.578. The van der Waals surface area contributed by atoms with E-state index in [4.69, 9.17) is 0 Å². The van der Waals surface area contributed by atoms with Crippen LogP contribution in [0.25, 0.3) is 0 Å². The average Bonchev–Trinajstić information content (AvgIpc) is 2.29. The first kappa shape index (κ1) is 15.2. The highest BCUT2D eigenvalue weighted by Crippen LogP contribution is 2.03. The number of rotatable bonds is 5. The van der Waals surface area contributed by atoms with Gasteiger partial charge in [-0.3, -0.25) is 0 Å². The molecule has 1 atom stereocenters. The number of nitrogens with one attached hydrogen (secondary N) is 2. The lowest BCUT2D eigenvalue weighted by Gasteiger charge is -2.33. The Bertz CT molecular complexity index is 249. The smallest absolute Gasteiger partial charge is 0.314 e. The summed E-state index contributed by atoms with van der Waals surface area (Å²) in [5.41, 5.74) is 0. The van der Waals surface area contributed by atoms with Crippen molar-refractivity contribution in [2.45, 2.75) is 26.8 Å². The Labute approximate surface area is 111 Å². The van der Waals surface area contributed by atoms with Crippen LogP contribution in [-0.2, 0) is 0 Å². The summed E-state index contributed by atoms with van der Waals surface area (Å²) in [6.45, 7) is 12.5. The molecule has 0 aromatic heterocycles. The lowest BCUT2D eigenvalue weighted by Crippen LogP contribution is -2.47. The van der Waals surface area contributed by atoms with Crippen molar-refractivity contribution in [1.82, 2.24) is 20.4 Å². The molecule has 0 aromatic carbocycles. The Morgan fingerprint density at radius 3 is 2.33 bits per heavy atom. The zero-order chi connectivity index (χ0) is 13.5. The minimum absolute atomic E-state index is 0.0600. The van der Waals surface area contributed by atoms with Crippen molar-refractivity contribution in [3.8, 4) is 0 Å². The van der Waals surface area contributed by atoms with Crippen LogP contribution in [0.15, 0.2) is 0 Å². The van der Waals surface area contributed by atoms with E-state index in [1.54, 1.807) is 0 Å². The number of urea groups is 1. The van der Waals surface area contributed by atoms with Crippen LogP contribution in [0.1, 0.15) is 20.8 Å². The van der Waals surface area contributed by atoms with Crippen molar-refractivity contribution in [3.63, 3.8) is 0 Å². The number of nitrogens with zero attached hydrogens (tertiary/aromatic N) is 2. The topological polar surface area (TPSA) is 47.6 Å². The number of likely N-dealkylation sites (N-methyl/N-ethyl adjacent to an activating group) is 1. The van der Waals surface area contributed by atoms with Crippen molar-refractivity contribution in [1.29, 1.82) is 0 Å². The molecule has 0 bridgehead atoms. The molecule has 0 saturated carbocycles. The normalized spacial score (nSPS) is 19.8. The number of hydrogen-bond acceptors (Lipinski definition) is 3. The molecule has 18 heavy (non-hydrogen) atoms. The van der Waals surface area contributed by atoms with E-state index in [1.807, 2.05) is 13.8 Å². The second-order valence-corrected chi connectivity index (χ2v) is 5.72. The molecule has 1 unspecified atom stereocenters. The Kier molecular flexibility index (Phi) is 6.43. The van der Waals surface area contributed by atoms with Crippen molar-refractivity contribution >= 4 is 6.03 Å². The predicted molar refractivity (Wildman–Crippen MR) is 74.8 cm³/mol. The van der Waals surface area contributed by atoms with Crippen LogP contribution in [0.4, 0.5) is 4.79 Å². The number of piperazine rings is 1. The van der Waals surface area contributed by atoms with Crippen LogP contribution in [0, 0.1) is 5.92 Å². The second kappa shape index (κ2) is 7.59. The number of carbonyl (C=O) groups excluding carboxylic acids is 1. The van der Waals surface area contributed by atoms with Gasteiger partial charge in [0.25, 0.3) is 0 Å². The van der Waals surface area contributed by atoms with E-state index in [0.717, 1.165) is 39.3 Å². The summed E-state index contributed by atoms with van der Waals surface area (Å²) < 4.78 is 0. The summed E-state index contributed by atoms with van der Waals surface area (Å²) in [5, 5.41) is 5.76. The molecule has 1 aliphatic heterocycles. The summed E-state index contributed by atoms with van der Waals surface area (Å²) in [4.78, 5) is 16.3. The van der Waals surface area contributed by atoms with Gasteiger partial charge in [0.2, 0.25) is 0 Å². The molecule has 5 heteroatoms. The minimum Gasteiger partial charge on any atom is -0.338 e. The summed E-state index contributed by atoms with van der Waals surface area (Å²) in [6.07, 6.45) is 0. The third kappa shape index (κ3) is 6.21. The molecule has 2 amide bonds. The van der Waals surface area contributed by atoms with Crippen molar-refractivity contribution in [2.24, 2.45) is 5.92 Å². The highest BCUT2D eigenvalue weighted by atomic mass is 16.2. The van der Waals surface area contributed by atoms with Crippen molar-refractivity contribution in [3.05, 3.63) is 0 Å². The molecule has 106 valence electrons. The van der Waals surface area contributed by atoms with E-state index < -0.39 is 0 Å². The molecule has 1 rings (SSSR count). The van der Waals surface area contributed by atoms with Gasteiger partial charge in [-0.1, -0.05) is 6.92 Å². The van der Waals surface area contributed by atoms with Gasteiger partial charge in [0, 0.05) is 45.3 Å². The quantitative estimate of drug-likeness (QED) is 0.756. The fourth-order valence-electron chi connectivity index (χ4n) is 2.12. The molecule has 0 aliphatic carbocycles. The zero-order valence-corrected chi connectivity index (χ0v) is 12.2. The van der Waals surface area contributed by atoms with Gasteiger partial charge in [-0.25, -0.2) is 4.79 Å². The number of hydrogen-bond donors (Lipinski definition) is 2. The Hall–Kier alpha value is -0.810. The van der Waals surface area contributed by atoms with Gasteiger partial charge in [-0.05, 0) is 26.8 Å². The maximum Gasteiger partial charge on any atom is 0.314 e. The van der Waals surface area contributed by atoms with Gasteiger partial charge in [-0.2, -0.15) is 0 Å². The maximum absolute atomic E-state index is 11.5. The molecule has 1 saturated heterocycles. The van der Waals surface area contributed by atoms with Gasteiger partial charge in [0.1, 0.15) is 0 Å². The largest absolute Gasteiger partial charge is 0.338 e. The average molecular weight is 256 g/mol. The first-order chi connectivity index (χ1) is 8.47. The number of carbonyl (C=O) groups is 1. The number of amides is 2. The van der Waals surface area contributed by atoms with E-state index in [1.165, 1.54) is 0 Å². The van der Waals surface area contributed by atoms with Crippen LogP contribution in [0.5, 0.6) is 0 Å².